The van der Waals surface area contributed by atoms with Crippen molar-refractivity contribution in [1.82, 2.24) is 4.90 Å². The molecule has 0 bridgehead atoms. The van der Waals surface area contributed by atoms with Crippen molar-refractivity contribution >= 4 is 44.9 Å². The van der Waals surface area contributed by atoms with Gasteiger partial charge in [-0.1, -0.05) is 29.8 Å². The number of hydrogen-bond acceptors (Lipinski definition) is 4. The van der Waals surface area contributed by atoms with Gasteiger partial charge in [-0.3, -0.25) is 4.90 Å². The van der Waals surface area contributed by atoms with Crippen molar-refractivity contribution in [2.45, 2.75) is 23.5 Å². The van der Waals surface area contributed by atoms with E-state index >= 15 is 0 Å². The Morgan fingerprint density at radius 3 is 2.59 bits per heavy atom. The highest BCUT2D eigenvalue weighted by atomic mass is 35.5. The molecular formula is C19H19ClN2O3S2. The zero-order valence-electron chi connectivity index (χ0n) is 14.7. The summed E-state index contributed by atoms with van der Waals surface area (Å²) in [6.45, 7) is 0.342. The van der Waals surface area contributed by atoms with Crippen LogP contribution in [-0.2, 0) is 16.4 Å². The number of thioether (sulfide) groups is 1. The number of fused-ring (bicyclic) bond motifs is 1. The average Bonchev–Trinajstić information content (AvgIpc) is 3.06. The van der Waals surface area contributed by atoms with E-state index < -0.39 is 9.84 Å². The Balaban J connectivity index is 1.71. The van der Waals surface area contributed by atoms with E-state index in [1.54, 1.807) is 27.6 Å². The first-order chi connectivity index (χ1) is 12.9. The van der Waals surface area contributed by atoms with Crippen molar-refractivity contribution < 1.29 is 13.2 Å². The molecule has 0 aromatic heterocycles. The van der Waals surface area contributed by atoms with E-state index in [9.17, 15) is 13.2 Å². The molecule has 2 heterocycles. The predicted octanol–water partition coefficient (Wildman–Crippen LogP) is 3.67. The van der Waals surface area contributed by atoms with Gasteiger partial charge in [-0.15, -0.1) is 11.8 Å². The van der Waals surface area contributed by atoms with Gasteiger partial charge < -0.3 is 4.90 Å². The first-order valence-corrected chi connectivity index (χ1v) is 12.0. The van der Waals surface area contributed by atoms with Crippen molar-refractivity contribution in [2.75, 3.05) is 22.7 Å². The van der Waals surface area contributed by atoms with Crippen LogP contribution in [0, 0.1) is 0 Å². The summed E-state index contributed by atoms with van der Waals surface area (Å²) in [6.07, 6.45) is 1.97. The molecule has 0 unspecified atom stereocenters. The lowest BCUT2D eigenvalue weighted by atomic mass is 10.1. The number of halogens is 1. The molecule has 8 heteroatoms. The normalized spacial score (nSPS) is 23.7. The van der Waals surface area contributed by atoms with E-state index in [-0.39, 0.29) is 29.6 Å². The van der Waals surface area contributed by atoms with Gasteiger partial charge in [0, 0.05) is 22.2 Å². The van der Waals surface area contributed by atoms with E-state index in [1.165, 1.54) is 0 Å². The number of sulfone groups is 1. The first-order valence-electron chi connectivity index (χ1n) is 8.57. The van der Waals surface area contributed by atoms with Crippen LogP contribution < -0.4 is 4.90 Å². The number of hydrogen-bond donors (Lipinski definition) is 0. The maximum absolute atomic E-state index is 13.2. The number of nitrogens with zero attached hydrogens (tertiary/aromatic N) is 2. The van der Waals surface area contributed by atoms with E-state index in [1.807, 2.05) is 48.7 Å². The van der Waals surface area contributed by atoms with Gasteiger partial charge in [0.25, 0.3) is 0 Å². The maximum atomic E-state index is 13.2. The molecule has 27 heavy (non-hydrogen) atoms. The van der Waals surface area contributed by atoms with Crippen LogP contribution in [0.3, 0.4) is 0 Å². The Bertz CT molecular complexity index is 996. The standard InChI is InChI=1S/C19H19ClN2O3S2/c1-26-16-7-3-6-15(9-16)22-18-12-27(24,25)11-17(18)21(19(22)23)10-13-4-2-5-14(20)8-13/h2-9,17-18H,10-12H2,1H3/t17-,18+/m0/s1. The zero-order chi connectivity index (χ0) is 19.2. The highest BCUT2D eigenvalue weighted by Gasteiger charge is 2.53. The highest BCUT2D eigenvalue weighted by molar-refractivity contribution is 7.98. The van der Waals surface area contributed by atoms with Crippen molar-refractivity contribution in [3.05, 3.63) is 59.1 Å². The molecule has 2 saturated heterocycles. The summed E-state index contributed by atoms with van der Waals surface area (Å²) in [7, 11) is -3.19. The minimum Gasteiger partial charge on any atom is -0.314 e. The number of rotatable bonds is 4. The van der Waals surface area contributed by atoms with Gasteiger partial charge >= 0.3 is 6.03 Å². The molecule has 2 fully saturated rings. The van der Waals surface area contributed by atoms with Gasteiger partial charge in [0.2, 0.25) is 0 Å². The summed E-state index contributed by atoms with van der Waals surface area (Å²) in [5.74, 6) is 0.00163. The molecule has 0 N–H and O–H groups in total. The van der Waals surface area contributed by atoms with Crippen LogP contribution >= 0.6 is 23.4 Å². The van der Waals surface area contributed by atoms with Gasteiger partial charge in [0.1, 0.15) is 0 Å². The molecule has 2 atom stereocenters. The lowest BCUT2D eigenvalue weighted by Crippen LogP contribution is -2.37. The number of carbonyl (C=O) groups excluding carboxylic acids is 1. The number of amides is 2. The summed E-state index contributed by atoms with van der Waals surface area (Å²) in [5, 5.41) is 0.597. The lowest BCUT2D eigenvalue weighted by molar-refractivity contribution is 0.206. The number of urea groups is 1. The van der Waals surface area contributed by atoms with Crippen LogP contribution in [0.4, 0.5) is 10.5 Å². The van der Waals surface area contributed by atoms with Crippen LogP contribution in [0.2, 0.25) is 5.02 Å². The quantitative estimate of drug-likeness (QED) is 0.557. The molecule has 2 aliphatic rings. The van der Waals surface area contributed by atoms with Gasteiger partial charge in [0.15, 0.2) is 9.84 Å². The number of carbonyl (C=O) groups is 1. The molecule has 0 saturated carbocycles. The molecule has 5 nitrogen and oxygen atoms in total. The Morgan fingerprint density at radius 2 is 1.85 bits per heavy atom. The van der Waals surface area contributed by atoms with Crippen molar-refractivity contribution in [3.63, 3.8) is 0 Å². The second-order valence-electron chi connectivity index (χ2n) is 6.82. The van der Waals surface area contributed by atoms with Crippen LogP contribution in [0.25, 0.3) is 0 Å². The topological polar surface area (TPSA) is 57.7 Å². The monoisotopic (exact) mass is 422 g/mol. The molecule has 0 radical (unpaired) electrons. The number of anilines is 1. The SMILES string of the molecule is CSc1cccc(N2C(=O)N(Cc3cccc(Cl)c3)[C@H]3CS(=O)(=O)C[C@H]32)c1. The van der Waals surface area contributed by atoms with Crippen LogP contribution in [0.5, 0.6) is 0 Å². The average molecular weight is 423 g/mol. The minimum absolute atomic E-state index is 0.00104. The highest BCUT2D eigenvalue weighted by Crippen LogP contribution is 2.37. The first kappa shape index (κ1) is 18.7. The second kappa shape index (κ2) is 7.04. The van der Waals surface area contributed by atoms with E-state index in [2.05, 4.69) is 0 Å². The third-order valence-corrected chi connectivity index (χ3v) is 7.71. The van der Waals surface area contributed by atoms with Crippen LogP contribution in [0.1, 0.15) is 5.56 Å². The molecular weight excluding hydrogens is 404 g/mol. The Kier molecular flexibility index (Phi) is 4.86. The van der Waals surface area contributed by atoms with Crippen LogP contribution in [-0.4, -0.2) is 49.2 Å². The van der Waals surface area contributed by atoms with E-state index in [4.69, 9.17) is 11.6 Å². The lowest BCUT2D eigenvalue weighted by Gasteiger charge is -2.23. The summed E-state index contributed by atoms with van der Waals surface area (Å²) >= 11 is 7.66. The van der Waals surface area contributed by atoms with E-state index in [0.717, 1.165) is 16.1 Å². The zero-order valence-corrected chi connectivity index (χ0v) is 17.1. The Hall–Kier alpha value is -1.70. The van der Waals surface area contributed by atoms with Gasteiger partial charge in [0.05, 0.1) is 23.6 Å². The maximum Gasteiger partial charge on any atom is 0.325 e. The van der Waals surface area contributed by atoms with Crippen LogP contribution in [0.15, 0.2) is 53.4 Å². The third-order valence-electron chi connectivity index (χ3n) is 5.05. The molecule has 2 aromatic rings. The summed E-state index contributed by atoms with van der Waals surface area (Å²) < 4.78 is 24.6. The number of benzene rings is 2. The van der Waals surface area contributed by atoms with Gasteiger partial charge in [-0.05, 0) is 42.2 Å². The molecule has 0 spiro atoms. The van der Waals surface area contributed by atoms with Crippen molar-refractivity contribution in [2.24, 2.45) is 0 Å². The Morgan fingerprint density at radius 1 is 1.11 bits per heavy atom. The smallest absolute Gasteiger partial charge is 0.314 e. The van der Waals surface area contributed by atoms with Gasteiger partial charge in [-0.2, -0.15) is 0 Å². The minimum atomic E-state index is -3.19. The summed E-state index contributed by atoms with van der Waals surface area (Å²) in [6, 6.07) is 14.1. The fourth-order valence-electron chi connectivity index (χ4n) is 3.86. The van der Waals surface area contributed by atoms with E-state index in [0.29, 0.717) is 11.6 Å². The van der Waals surface area contributed by atoms with Gasteiger partial charge in [-0.25, -0.2) is 13.2 Å². The van der Waals surface area contributed by atoms with Crippen molar-refractivity contribution in [3.8, 4) is 0 Å². The fraction of sp³-hybridized carbons (Fsp3) is 0.316. The summed E-state index contributed by atoms with van der Waals surface area (Å²) in [5.41, 5.74) is 1.63. The molecule has 2 amide bonds. The predicted molar refractivity (Wildman–Crippen MR) is 109 cm³/mol. The molecule has 0 aliphatic carbocycles. The molecule has 2 aromatic carbocycles. The Labute approximate surface area is 168 Å². The summed E-state index contributed by atoms with van der Waals surface area (Å²) in [4.78, 5) is 17.6. The third kappa shape index (κ3) is 3.56. The fourth-order valence-corrected chi connectivity index (χ4v) is 6.47. The van der Waals surface area contributed by atoms with Crippen molar-refractivity contribution in [1.29, 1.82) is 0 Å². The molecule has 2 aliphatic heterocycles. The molecule has 4 rings (SSSR count). The molecule has 142 valence electrons. The largest absolute Gasteiger partial charge is 0.325 e. The second-order valence-corrected chi connectivity index (χ2v) is 10.3.